The van der Waals surface area contributed by atoms with Gasteiger partial charge in [0, 0.05) is 50.1 Å². The zero-order valence-electron chi connectivity index (χ0n) is 19.1. The maximum absolute atomic E-state index is 12.9. The van der Waals surface area contributed by atoms with E-state index in [9.17, 15) is 9.59 Å². The number of ether oxygens (including phenoxy) is 4. The van der Waals surface area contributed by atoms with Gasteiger partial charge in [-0.2, -0.15) is 0 Å². The van der Waals surface area contributed by atoms with E-state index < -0.39 is 6.10 Å². The molecule has 0 radical (unpaired) electrons. The monoisotopic (exact) mass is 455 g/mol. The lowest BCUT2D eigenvalue weighted by Gasteiger charge is -2.39. The Morgan fingerprint density at radius 2 is 1.64 bits per heavy atom. The summed E-state index contributed by atoms with van der Waals surface area (Å²) >= 11 is 0. The van der Waals surface area contributed by atoms with Gasteiger partial charge in [0.2, 0.25) is 12.0 Å². The van der Waals surface area contributed by atoms with Gasteiger partial charge in [-0.3, -0.25) is 14.5 Å². The predicted molar refractivity (Wildman–Crippen MR) is 122 cm³/mol. The first-order valence-electron chi connectivity index (χ1n) is 10.9. The average molecular weight is 456 g/mol. The van der Waals surface area contributed by atoms with E-state index in [0.717, 1.165) is 0 Å². The highest BCUT2D eigenvalue weighted by Crippen LogP contribution is 2.31. The lowest BCUT2D eigenvalue weighted by Crippen LogP contribution is -2.57. The van der Waals surface area contributed by atoms with Crippen molar-refractivity contribution in [1.82, 2.24) is 9.80 Å². The molecule has 0 bridgehead atoms. The first kappa shape index (κ1) is 22.7. The molecule has 4 rings (SSSR count). The largest absolute Gasteiger partial charge is 0.497 e. The van der Waals surface area contributed by atoms with E-state index in [-0.39, 0.29) is 24.5 Å². The van der Waals surface area contributed by atoms with E-state index in [0.29, 0.717) is 54.9 Å². The Morgan fingerprint density at radius 3 is 2.27 bits per heavy atom. The third-order valence-electron chi connectivity index (χ3n) is 5.96. The second-order valence-corrected chi connectivity index (χ2v) is 7.99. The number of benzene rings is 2. The van der Waals surface area contributed by atoms with Gasteiger partial charge in [0.1, 0.15) is 18.1 Å². The maximum Gasteiger partial charge on any atom is 0.267 e. The first-order valence-corrected chi connectivity index (χ1v) is 10.9. The van der Waals surface area contributed by atoms with E-state index in [1.54, 1.807) is 43.4 Å². The van der Waals surface area contributed by atoms with Crippen molar-refractivity contribution in [2.24, 2.45) is 0 Å². The summed E-state index contributed by atoms with van der Waals surface area (Å²) in [5.74, 6) is 2.21. The van der Waals surface area contributed by atoms with Crippen LogP contribution in [-0.2, 0) is 9.59 Å². The van der Waals surface area contributed by atoms with Crippen LogP contribution in [0.3, 0.4) is 0 Å². The zero-order chi connectivity index (χ0) is 23.4. The van der Waals surface area contributed by atoms with Crippen molar-refractivity contribution in [2.45, 2.75) is 19.1 Å². The number of amides is 2. The summed E-state index contributed by atoms with van der Waals surface area (Å²) in [6.45, 7) is 4.27. The molecule has 0 saturated carbocycles. The summed E-state index contributed by atoms with van der Waals surface area (Å²) in [4.78, 5) is 29.6. The van der Waals surface area contributed by atoms with E-state index in [4.69, 9.17) is 18.9 Å². The highest BCUT2D eigenvalue weighted by atomic mass is 16.6. The molecule has 2 aromatic rings. The first-order chi connectivity index (χ1) is 16.0. The summed E-state index contributed by atoms with van der Waals surface area (Å²) in [6, 6.07) is 12.2. The van der Waals surface area contributed by atoms with Crippen LogP contribution in [0.25, 0.3) is 0 Å². The fraction of sp³-hybridized carbons (Fsp3) is 0.417. The van der Waals surface area contributed by atoms with Gasteiger partial charge in [-0.15, -0.1) is 0 Å². The van der Waals surface area contributed by atoms with Gasteiger partial charge in [-0.05, 0) is 19.1 Å². The topological polar surface area (TPSA) is 89.6 Å². The predicted octanol–water partition coefficient (Wildman–Crippen LogP) is 2.01. The summed E-state index contributed by atoms with van der Waals surface area (Å²) in [5, 5.41) is 2.93. The second-order valence-electron chi connectivity index (χ2n) is 7.99. The van der Waals surface area contributed by atoms with Gasteiger partial charge in [0.15, 0.2) is 11.5 Å². The Balaban J connectivity index is 1.30. The SMILES string of the molecule is COc1cc(NC(=O)[C@@H](C)N2CCN(C(=O)[C@H]3COc4ccccc4O3)CC2)cc(OC)c1. The van der Waals surface area contributed by atoms with Crippen LogP contribution in [0.2, 0.25) is 0 Å². The minimum absolute atomic E-state index is 0.0928. The van der Waals surface area contributed by atoms with Crippen LogP contribution in [0, 0.1) is 0 Å². The molecule has 1 saturated heterocycles. The van der Waals surface area contributed by atoms with Crippen LogP contribution in [0.1, 0.15) is 6.92 Å². The number of carbonyl (C=O) groups is 2. The van der Waals surface area contributed by atoms with Crippen LogP contribution in [0.15, 0.2) is 42.5 Å². The molecular weight excluding hydrogens is 426 g/mol. The molecule has 2 aromatic carbocycles. The van der Waals surface area contributed by atoms with Gasteiger partial charge in [-0.1, -0.05) is 12.1 Å². The Bertz CT molecular complexity index is 983. The van der Waals surface area contributed by atoms with Gasteiger partial charge < -0.3 is 29.2 Å². The molecule has 33 heavy (non-hydrogen) atoms. The molecule has 1 fully saturated rings. The van der Waals surface area contributed by atoms with Crippen LogP contribution >= 0.6 is 0 Å². The third kappa shape index (κ3) is 5.14. The van der Waals surface area contributed by atoms with Gasteiger partial charge in [0.05, 0.1) is 20.3 Å². The fourth-order valence-electron chi connectivity index (χ4n) is 3.97. The highest BCUT2D eigenvalue weighted by Gasteiger charge is 2.34. The number of nitrogens with zero attached hydrogens (tertiary/aromatic N) is 2. The van der Waals surface area contributed by atoms with Crippen LogP contribution in [0.4, 0.5) is 5.69 Å². The van der Waals surface area contributed by atoms with Crippen LogP contribution in [-0.4, -0.2) is 80.8 Å². The quantitative estimate of drug-likeness (QED) is 0.713. The van der Waals surface area contributed by atoms with E-state index >= 15 is 0 Å². The fourth-order valence-corrected chi connectivity index (χ4v) is 3.97. The number of carbonyl (C=O) groups excluding carboxylic acids is 2. The van der Waals surface area contributed by atoms with E-state index in [1.165, 1.54) is 0 Å². The van der Waals surface area contributed by atoms with Crippen LogP contribution < -0.4 is 24.3 Å². The zero-order valence-corrected chi connectivity index (χ0v) is 19.1. The molecule has 0 aliphatic carbocycles. The van der Waals surface area contributed by atoms with E-state index in [2.05, 4.69) is 10.2 Å². The Kier molecular flexibility index (Phi) is 6.88. The number of anilines is 1. The molecule has 2 heterocycles. The Labute approximate surface area is 193 Å². The molecule has 2 atom stereocenters. The highest BCUT2D eigenvalue weighted by molar-refractivity contribution is 5.95. The number of fused-ring (bicyclic) bond motifs is 1. The smallest absolute Gasteiger partial charge is 0.267 e. The lowest BCUT2D eigenvalue weighted by molar-refractivity contribution is -0.143. The normalized spacial score (nSPS) is 18.9. The van der Waals surface area contributed by atoms with E-state index in [1.807, 2.05) is 25.1 Å². The molecule has 2 aliphatic heterocycles. The molecular formula is C24H29N3O6. The molecule has 9 nitrogen and oxygen atoms in total. The molecule has 0 unspecified atom stereocenters. The lowest BCUT2D eigenvalue weighted by atomic mass is 10.2. The number of piperazine rings is 1. The maximum atomic E-state index is 12.9. The minimum Gasteiger partial charge on any atom is -0.497 e. The number of nitrogens with one attached hydrogen (secondary N) is 1. The van der Waals surface area contributed by atoms with Crippen molar-refractivity contribution in [3.05, 3.63) is 42.5 Å². The molecule has 9 heteroatoms. The van der Waals surface area contributed by atoms with Crippen molar-refractivity contribution in [1.29, 1.82) is 0 Å². The van der Waals surface area contributed by atoms with Gasteiger partial charge in [0.25, 0.3) is 5.91 Å². The molecule has 2 aliphatic rings. The molecule has 176 valence electrons. The standard InChI is InChI=1S/C24H29N3O6/c1-16(23(28)25-17-12-18(30-2)14-19(13-17)31-3)26-8-10-27(11-9-26)24(29)22-15-32-20-6-4-5-7-21(20)33-22/h4-7,12-14,16,22H,8-11,15H2,1-3H3,(H,25,28)/t16-,22-/m1/s1. The molecule has 1 N–H and O–H groups in total. The third-order valence-corrected chi connectivity index (χ3v) is 5.96. The van der Waals surface area contributed by atoms with Crippen molar-refractivity contribution >= 4 is 17.5 Å². The summed E-state index contributed by atoms with van der Waals surface area (Å²) in [7, 11) is 3.13. The second kappa shape index (κ2) is 9.99. The van der Waals surface area contributed by atoms with Gasteiger partial charge >= 0.3 is 0 Å². The number of rotatable bonds is 6. The number of hydrogen-bond acceptors (Lipinski definition) is 7. The van der Waals surface area contributed by atoms with Crippen molar-refractivity contribution in [3.8, 4) is 23.0 Å². The molecule has 0 aromatic heterocycles. The van der Waals surface area contributed by atoms with Crippen molar-refractivity contribution < 1.29 is 28.5 Å². The number of para-hydroxylation sites is 2. The average Bonchev–Trinajstić information content (AvgIpc) is 2.87. The van der Waals surface area contributed by atoms with Crippen LogP contribution in [0.5, 0.6) is 23.0 Å². The van der Waals surface area contributed by atoms with Crippen molar-refractivity contribution in [3.63, 3.8) is 0 Å². The number of hydrogen-bond donors (Lipinski definition) is 1. The molecule has 2 amide bonds. The Hall–Kier alpha value is -3.46. The van der Waals surface area contributed by atoms with Gasteiger partial charge in [-0.25, -0.2) is 0 Å². The van der Waals surface area contributed by atoms with Crippen molar-refractivity contribution in [2.75, 3.05) is 52.3 Å². The number of methoxy groups -OCH3 is 2. The Morgan fingerprint density at radius 1 is 1.00 bits per heavy atom. The summed E-state index contributed by atoms with van der Waals surface area (Å²) in [6.07, 6.45) is -0.657. The minimum atomic E-state index is -0.657. The molecule has 0 spiro atoms. The summed E-state index contributed by atoms with van der Waals surface area (Å²) in [5.41, 5.74) is 0.603. The summed E-state index contributed by atoms with van der Waals surface area (Å²) < 4.78 is 22.0.